The molecule has 7 aromatic carbocycles. The van der Waals surface area contributed by atoms with E-state index in [1.165, 1.54) is 0 Å². The van der Waals surface area contributed by atoms with Gasteiger partial charge in [0.15, 0.2) is 0 Å². The number of hydrogen-bond donors (Lipinski definition) is 4. The highest BCUT2D eigenvalue weighted by Gasteiger charge is 2.20. The summed E-state index contributed by atoms with van der Waals surface area (Å²) in [6, 6.07) is 60.3. The summed E-state index contributed by atoms with van der Waals surface area (Å²) in [6.45, 7) is 0. The monoisotopic (exact) mass is 694 g/mol. The third kappa shape index (κ3) is 7.94. The molecule has 0 aromatic heterocycles. The highest BCUT2D eigenvalue weighted by molar-refractivity contribution is 6.15. The zero-order chi connectivity index (χ0) is 37.3. The number of nitrogens with one attached hydrogen (secondary N) is 4. The molecule has 0 aliphatic rings. The average Bonchev–Trinajstić information content (AvgIpc) is 3.25. The molecule has 0 amide bonds. The van der Waals surface area contributed by atoms with E-state index in [0.29, 0.717) is 22.8 Å². The molecule has 0 atom stereocenters. The van der Waals surface area contributed by atoms with E-state index in [2.05, 4.69) is 60.7 Å². The molecule has 0 heterocycles. The summed E-state index contributed by atoms with van der Waals surface area (Å²) < 4.78 is 0. The van der Waals surface area contributed by atoms with Gasteiger partial charge in [-0.3, -0.25) is 0 Å². The fourth-order valence-corrected chi connectivity index (χ4v) is 6.56. The van der Waals surface area contributed by atoms with Crippen LogP contribution in [0, 0.1) is 21.6 Å². The van der Waals surface area contributed by atoms with Gasteiger partial charge in [0.2, 0.25) is 0 Å². The fraction of sp³-hybridized carbons (Fsp3) is 0. The van der Waals surface area contributed by atoms with E-state index in [1.54, 1.807) is 24.3 Å². The summed E-state index contributed by atoms with van der Waals surface area (Å²) >= 11 is 0. The van der Waals surface area contributed by atoms with Crippen molar-refractivity contribution in [2.75, 3.05) is 0 Å². The molecule has 0 spiro atoms. The Balaban J connectivity index is 1.37. The van der Waals surface area contributed by atoms with Crippen LogP contribution >= 0.6 is 0 Å². The normalized spacial score (nSPS) is 11.1. The number of benzene rings is 7. The lowest BCUT2D eigenvalue weighted by molar-refractivity contribution is 1.47. The minimum Gasteiger partial charge on any atom is -0.300 e. The molecule has 0 saturated heterocycles. The van der Waals surface area contributed by atoms with Crippen LogP contribution in [0.1, 0.15) is 22.3 Å². The van der Waals surface area contributed by atoms with Crippen molar-refractivity contribution in [3.63, 3.8) is 0 Å². The molecule has 4 nitrogen and oxygen atoms in total. The Morgan fingerprint density at radius 3 is 0.907 bits per heavy atom. The first-order valence-corrected chi connectivity index (χ1v) is 17.8. The van der Waals surface area contributed by atoms with Gasteiger partial charge >= 0.3 is 0 Å². The summed E-state index contributed by atoms with van der Waals surface area (Å²) in [7, 11) is 0. The lowest BCUT2D eigenvalue weighted by atomic mass is 9.82. The highest BCUT2D eigenvalue weighted by Crippen LogP contribution is 2.46. The van der Waals surface area contributed by atoms with Crippen molar-refractivity contribution >= 4 is 22.8 Å². The van der Waals surface area contributed by atoms with Crippen LogP contribution in [-0.4, -0.2) is 22.8 Å². The van der Waals surface area contributed by atoms with Crippen LogP contribution < -0.4 is 0 Å². The van der Waals surface area contributed by atoms with Crippen molar-refractivity contribution < 1.29 is 0 Å². The molecule has 54 heavy (non-hydrogen) atoms. The SMILES string of the molecule is N=C(/C=C\C(=N)c1cccc(-c2c(-c3ccccc3)ccc(-c3ccccc3)c2-c2cccc(C(=N)/C=C\C(=N)c3ccccc3)c2)c1)c1ccccc1. The molecule has 0 fully saturated rings. The molecule has 0 saturated carbocycles. The summed E-state index contributed by atoms with van der Waals surface area (Å²) in [6.07, 6.45) is 6.73. The smallest absolute Gasteiger partial charge is 0.0613 e. The minimum absolute atomic E-state index is 0.308. The van der Waals surface area contributed by atoms with Crippen LogP contribution in [0.15, 0.2) is 206 Å². The molecule has 4 heteroatoms. The Morgan fingerprint density at radius 1 is 0.278 bits per heavy atom. The van der Waals surface area contributed by atoms with Gasteiger partial charge in [-0.2, -0.15) is 0 Å². The third-order valence-corrected chi connectivity index (χ3v) is 9.30. The maximum Gasteiger partial charge on any atom is 0.0613 e. The van der Waals surface area contributed by atoms with E-state index in [0.717, 1.165) is 66.8 Å². The third-order valence-electron chi connectivity index (χ3n) is 9.30. The van der Waals surface area contributed by atoms with Gasteiger partial charge in [0.1, 0.15) is 0 Å². The Hall–Kier alpha value is -7.30. The second kappa shape index (κ2) is 16.4. The zero-order valence-electron chi connectivity index (χ0n) is 29.6. The van der Waals surface area contributed by atoms with Gasteiger partial charge in [0.05, 0.1) is 22.8 Å². The molecule has 0 unspecified atom stereocenters. The molecular formula is C50H38N4. The van der Waals surface area contributed by atoms with E-state index < -0.39 is 0 Å². The standard InChI is InChI=1S/C50H38N4/c51-45(37-19-9-3-10-20-37)29-31-47(53)39-23-13-25-41(33-39)49-43(35-15-5-1-6-16-35)27-28-44(36-17-7-2-8-18-36)50(49)42-26-14-24-40(34-42)48(54)32-30-46(52)38-21-11-4-12-22-38/h1-34,51-54H/b31-29-,32-30-,51-45?,52-46?,53-47?,54-48?. The topological polar surface area (TPSA) is 95.4 Å². The van der Waals surface area contributed by atoms with E-state index in [9.17, 15) is 0 Å². The predicted octanol–water partition coefficient (Wildman–Crippen LogP) is 12.3. The van der Waals surface area contributed by atoms with E-state index in [1.807, 2.05) is 121 Å². The second-order valence-corrected chi connectivity index (χ2v) is 12.9. The lowest BCUT2D eigenvalue weighted by Crippen LogP contribution is -2.01. The van der Waals surface area contributed by atoms with Crippen LogP contribution in [0.2, 0.25) is 0 Å². The number of allylic oxidation sites excluding steroid dienone is 4. The first kappa shape index (κ1) is 35.1. The van der Waals surface area contributed by atoms with Crippen molar-refractivity contribution in [3.05, 3.63) is 229 Å². The highest BCUT2D eigenvalue weighted by atomic mass is 14.4. The van der Waals surface area contributed by atoms with Gasteiger partial charge in [-0.15, -0.1) is 0 Å². The molecule has 258 valence electrons. The summed E-state index contributed by atoms with van der Waals surface area (Å²) in [5.74, 6) is 0. The van der Waals surface area contributed by atoms with E-state index >= 15 is 0 Å². The second-order valence-electron chi connectivity index (χ2n) is 12.9. The molecule has 7 rings (SSSR count). The molecule has 4 N–H and O–H groups in total. The van der Waals surface area contributed by atoms with Crippen molar-refractivity contribution in [1.82, 2.24) is 0 Å². The molecule has 0 bridgehead atoms. The maximum atomic E-state index is 9.03. The van der Waals surface area contributed by atoms with Gasteiger partial charge in [-0.1, -0.05) is 170 Å². The van der Waals surface area contributed by atoms with Gasteiger partial charge in [-0.25, -0.2) is 0 Å². The van der Waals surface area contributed by atoms with Crippen LogP contribution in [0.4, 0.5) is 0 Å². The Kier molecular flexibility index (Phi) is 10.6. The quantitative estimate of drug-likeness (QED) is 0.0916. The molecular weight excluding hydrogens is 657 g/mol. The van der Waals surface area contributed by atoms with Crippen LogP contribution in [0.3, 0.4) is 0 Å². The number of rotatable bonds is 12. The predicted molar refractivity (Wildman–Crippen MR) is 227 cm³/mol. The molecule has 0 aliphatic heterocycles. The van der Waals surface area contributed by atoms with Crippen LogP contribution in [-0.2, 0) is 0 Å². The number of hydrogen-bond acceptors (Lipinski definition) is 4. The first-order valence-electron chi connectivity index (χ1n) is 17.8. The van der Waals surface area contributed by atoms with Crippen molar-refractivity contribution in [1.29, 1.82) is 21.6 Å². The van der Waals surface area contributed by atoms with Gasteiger partial charge in [0, 0.05) is 0 Å². The molecule has 0 radical (unpaired) electrons. The van der Waals surface area contributed by atoms with Gasteiger partial charge in [-0.05, 0) is 103 Å². The lowest BCUT2D eigenvalue weighted by Gasteiger charge is -2.21. The van der Waals surface area contributed by atoms with Crippen molar-refractivity contribution in [2.24, 2.45) is 0 Å². The van der Waals surface area contributed by atoms with Gasteiger partial charge < -0.3 is 21.6 Å². The summed E-state index contributed by atoms with van der Waals surface area (Å²) in [4.78, 5) is 0. The summed E-state index contributed by atoms with van der Waals surface area (Å²) in [5.41, 5.74) is 12.5. The maximum absolute atomic E-state index is 9.03. The minimum atomic E-state index is 0.308. The van der Waals surface area contributed by atoms with Crippen LogP contribution in [0.5, 0.6) is 0 Å². The zero-order valence-corrected chi connectivity index (χ0v) is 29.6. The molecule has 0 aliphatic carbocycles. The van der Waals surface area contributed by atoms with E-state index in [4.69, 9.17) is 21.6 Å². The fourth-order valence-electron chi connectivity index (χ4n) is 6.56. The first-order chi connectivity index (χ1) is 26.5. The Bertz CT molecular complexity index is 2350. The van der Waals surface area contributed by atoms with Crippen LogP contribution in [0.25, 0.3) is 44.5 Å². The largest absolute Gasteiger partial charge is 0.300 e. The van der Waals surface area contributed by atoms with Crippen molar-refractivity contribution in [2.45, 2.75) is 0 Å². The van der Waals surface area contributed by atoms with E-state index in [-0.39, 0.29) is 0 Å². The average molecular weight is 695 g/mol. The van der Waals surface area contributed by atoms with Gasteiger partial charge in [0.25, 0.3) is 0 Å². The summed E-state index contributed by atoms with van der Waals surface area (Å²) in [5, 5.41) is 35.1. The Morgan fingerprint density at radius 2 is 0.556 bits per heavy atom. The molecule has 7 aromatic rings. The Labute approximate surface area is 316 Å². The van der Waals surface area contributed by atoms with Crippen molar-refractivity contribution in [3.8, 4) is 44.5 Å².